The molecule has 0 spiro atoms. The van der Waals surface area contributed by atoms with Gasteiger partial charge in [-0.2, -0.15) is 0 Å². The van der Waals surface area contributed by atoms with Crippen LogP contribution in [-0.4, -0.2) is 4.98 Å². The van der Waals surface area contributed by atoms with E-state index < -0.39 is 0 Å². The van der Waals surface area contributed by atoms with E-state index in [-0.39, 0.29) is 0 Å². The van der Waals surface area contributed by atoms with E-state index in [2.05, 4.69) is 26.8 Å². The summed E-state index contributed by atoms with van der Waals surface area (Å²) in [5, 5.41) is 0. The van der Waals surface area contributed by atoms with E-state index in [1.807, 2.05) is 0 Å². The lowest BCUT2D eigenvalue weighted by Gasteiger charge is -2.17. The van der Waals surface area contributed by atoms with Crippen molar-refractivity contribution in [2.45, 2.75) is 58.8 Å². The molecule has 1 aliphatic rings. The Hall–Kier alpha value is -1.31. The van der Waals surface area contributed by atoms with Gasteiger partial charge < -0.3 is 4.42 Å². The molecule has 0 unspecified atom stereocenters. The third-order valence-electron chi connectivity index (χ3n) is 4.34. The predicted molar refractivity (Wildman–Crippen MR) is 74.0 cm³/mol. The van der Waals surface area contributed by atoms with Crippen LogP contribution in [-0.2, 0) is 0 Å². The molecule has 0 atom stereocenters. The molecule has 0 radical (unpaired) electrons. The summed E-state index contributed by atoms with van der Waals surface area (Å²) in [6, 6.07) is 2.20. The van der Waals surface area contributed by atoms with E-state index in [1.54, 1.807) is 0 Å². The zero-order chi connectivity index (χ0) is 12.7. The number of rotatable bonds is 1. The highest BCUT2D eigenvalue weighted by Gasteiger charge is 2.22. The molecule has 0 amide bonds. The van der Waals surface area contributed by atoms with Crippen molar-refractivity contribution in [3.63, 3.8) is 0 Å². The number of fused-ring (bicyclic) bond motifs is 1. The maximum absolute atomic E-state index is 6.06. The van der Waals surface area contributed by atoms with Crippen molar-refractivity contribution in [2.75, 3.05) is 0 Å². The summed E-state index contributed by atoms with van der Waals surface area (Å²) in [6.07, 6.45) is 6.49. The van der Waals surface area contributed by atoms with E-state index in [4.69, 9.17) is 9.40 Å². The fourth-order valence-corrected chi connectivity index (χ4v) is 3.07. The summed E-state index contributed by atoms with van der Waals surface area (Å²) in [6.45, 7) is 6.41. The van der Waals surface area contributed by atoms with E-state index in [0.717, 1.165) is 17.0 Å². The minimum absolute atomic E-state index is 0.547. The lowest BCUT2D eigenvalue weighted by atomic mass is 9.89. The fourth-order valence-electron chi connectivity index (χ4n) is 3.07. The smallest absolute Gasteiger partial charge is 0.198 e. The first-order chi connectivity index (χ1) is 8.66. The van der Waals surface area contributed by atoms with Crippen LogP contribution >= 0.6 is 0 Å². The van der Waals surface area contributed by atoms with Crippen molar-refractivity contribution < 1.29 is 4.42 Å². The largest absolute Gasteiger partial charge is 0.440 e. The minimum Gasteiger partial charge on any atom is -0.440 e. The van der Waals surface area contributed by atoms with Crippen LogP contribution in [0.15, 0.2) is 10.5 Å². The quantitative estimate of drug-likeness (QED) is 0.719. The van der Waals surface area contributed by atoms with Gasteiger partial charge in [0.25, 0.3) is 0 Å². The SMILES string of the molecule is Cc1cc(C)c2oc(C3CCCCC3)nc2c1C. The molecule has 2 heteroatoms. The Morgan fingerprint density at radius 1 is 1.06 bits per heavy atom. The molecule has 2 nitrogen and oxygen atoms in total. The lowest BCUT2D eigenvalue weighted by Crippen LogP contribution is -2.04. The molecular weight excluding hydrogens is 222 g/mol. The first kappa shape index (κ1) is 11.8. The minimum atomic E-state index is 0.547. The highest BCUT2D eigenvalue weighted by molar-refractivity contribution is 5.81. The second kappa shape index (κ2) is 4.42. The number of oxazole rings is 1. The molecule has 0 bridgehead atoms. The summed E-state index contributed by atoms with van der Waals surface area (Å²) in [5.74, 6) is 1.52. The number of hydrogen-bond acceptors (Lipinski definition) is 2. The molecule has 96 valence electrons. The predicted octanol–water partition coefficient (Wildman–Crippen LogP) is 4.80. The maximum Gasteiger partial charge on any atom is 0.198 e. The Morgan fingerprint density at radius 3 is 2.50 bits per heavy atom. The molecule has 1 aromatic heterocycles. The van der Waals surface area contributed by atoms with Crippen LogP contribution in [0.2, 0.25) is 0 Å². The molecule has 18 heavy (non-hydrogen) atoms. The van der Waals surface area contributed by atoms with Gasteiger partial charge in [0.05, 0.1) is 0 Å². The van der Waals surface area contributed by atoms with Gasteiger partial charge in [0.15, 0.2) is 11.5 Å². The topological polar surface area (TPSA) is 26.0 Å². The number of aromatic nitrogens is 1. The zero-order valence-corrected chi connectivity index (χ0v) is 11.5. The molecule has 3 rings (SSSR count). The second-order valence-electron chi connectivity index (χ2n) is 5.70. The Balaban J connectivity index is 2.10. The Bertz CT molecular complexity index is 576. The van der Waals surface area contributed by atoms with Crippen molar-refractivity contribution in [1.82, 2.24) is 4.98 Å². The highest BCUT2D eigenvalue weighted by atomic mass is 16.3. The number of hydrogen-bond donors (Lipinski definition) is 0. The molecule has 1 saturated carbocycles. The Labute approximate surface area is 108 Å². The van der Waals surface area contributed by atoms with Crippen LogP contribution in [0, 0.1) is 20.8 Å². The molecular formula is C16H21NO. The molecule has 0 aliphatic heterocycles. The summed E-state index contributed by atoms with van der Waals surface area (Å²) >= 11 is 0. The average molecular weight is 243 g/mol. The van der Waals surface area contributed by atoms with Crippen LogP contribution in [0.4, 0.5) is 0 Å². The standard InChI is InChI=1S/C16H21NO/c1-10-9-11(2)15-14(12(10)3)17-16(18-15)13-7-5-4-6-8-13/h9,13H,4-8H2,1-3H3. The molecule has 1 heterocycles. The van der Waals surface area contributed by atoms with Gasteiger partial charge in [0.2, 0.25) is 0 Å². The van der Waals surface area contributed by atoms with Gasteiger partial charge in [-0.05, 0) is 50.3 Å². The van der Waals surface area contributed by atoms with Crippen LogP contribution in [0.5, 0.6) is 0 Å². The van der Waals surface area contributed by atoms with Gasteiger partial charge in [-0.25, -0.2) is 4.98 Å². The highest BCUT2D eigenvalue weighted by Crippen LogP contribution is 2.35. The third-order valence-corrected chi connectivity index (χ3v) is 4.34. The first-order valence-electron chi connectivity index (χ1n) is 7.04. The monoisotopic (exact) mass is 243 g/mol. The first-order valence-corrected chi connectivity index (χ1v) is 7.04. The average Bonchev–Trinajstić information content (AvgIpc) is 2.83. The van der Waals surface area contributed by atoms with Gasteiger partial charge in [-0.3, -0.25) is 0 Å². The molecule has 0 saturated heterocycles. The van der Waals surface area contributed by atoms with Crippen molar-refractivity contribution in [1.29, 1.82) is 0 Å². The van der Waals surface area contributed by atoms with Crippen molar-refractivity contribution >= 4 is 11.1 Å². The third kappa shape index (κ3) is 1.84. The lowest BCUT2D eigenvalue weighted by molar-refractivity contribution is 0.373. The number of aryl methyl sites for hydroxylation is 3. The van der Waals surface area contributed by atoms with Crippen LogP contribution < -0.4 is 0 Å². The van der Waals surface area contributed by atoms with Gasteiger partial charge in [-0.15, -0.1) is 0 Å². The zero-order valence-electron chi connectivity index (χ0n) is 11.5. The molecule has 1 fully saturated rings. The van der Waals surface area contributed by atoms with Crippen molar-refractivity contribution in [2.24, 2.45) is 0 Å². The van der Waals surface area contributed by atoms with E-state index >= 15 is 0 Å². The van der Waals surface area contributed by atoms with E-state index in [1.165, 1.54) is 48.8 Å². The molecule has 1 aromatic carbocycles. The Kier molecular flexibility index (Phi) is 2.89. The van der Waals surface area contributed by atoms with Gasteiger partial charge >= 0.3 is 0 Å². The summed E-state index contributed by atoms with van der Waals surface area (Å²) in [5.41, 5.74) is 5.86. The van der Waals surface area contributed by atoms with Crippen LogP contribution in [0.25, 0.3) is 11.1 Å². The number of benzene rings is 1. The van der Waals surface area contributed by atoms with E-state index in [9.17, 15) is 0 Å². The Morgan fingerprint density at radius 2 is 1.78 bits per heavy atom. The van der Waals surface area contributed by atoms with Crippen molar-refractivity contribution in [3.05, 3.63) is 28.6 Å². The van der Waals surface area contributed by atoms with E-state index in [0.29, 0.717) is 5.92 Å². The van der Waals surface area contributed by atoms with Gasteiger partial charge in [-0.1, -0.05) is 25.3 Å². The molecule has 2 aromatic rings. The summed E-state index contributed by atoms with van der Waals surface area (Å²) in [7, 11) is 0. The van der Waals surface area contributed by atoms with Crippen LogP contribution in [0.3, 0.4) is 0 Å². The molecule has 0 N–H and O–H groups in total. The maximum atomic E-state index is 6.06. The molecule has 1 aliphatic carbocycles. The summed E-state index contributed by atoms with van der Waals surface area (Å²) in [4.78, 5) is 4.79. The van der Waals surface area contributed by atoms with Gasteiger partial charge in [0, 0.05) is 5.92 Å². The van der Waals surface area contributed by atoms with Crippen LogP contribution in [0.1, 0.15) is 60.6 Å². The normalized spacial score (nSPS) is 17.5. The fraction of sp³-hybridized carbons (Fsp3) is 0.562. The summed E-state index contributed by atoms with van der Waals surface area (Å²) < 4.78 is 6.06. The second-order valence-corrected chi connectivity index (χ2v) is 5.70. The van der Waals surface area contributed by atoms with Gasteiger partial charge in [0.1, 0.15) is 5.52 Å². The number of nitrogens with zero attached hydrogens (tertiary/aromatic N) is 1. The van der Waals surface area contributed by atoms with Crippen molar-refractivity contribution in [3.8, 4) is 0 Å².